The summed E-state index contributed by atoms with van der Waals surface area (Å²) >= 11 is 1.13. The molecule has 29 heavy (non-hydrogen) atoms. The normalized spacial score (nSPS) is 11.1. The maximum atomic E-state index is 12.4. The number of anilines is 1. The van der Waals surface area contributed by atoms with Crippen molar-refractivity contribution in [1.29, 1.82) is 0 Å². The first-order valence-corrected chi connectivity index (χ1v) is 11.0. The Bertz CT molecular complexity index is 1100. The van der Waals surface area contributed by atoms with Gasteiger partial charge < -0.3 is 10.1 Å². The van der Waals surface area contributed by atoms with Crippen LogP contribution in [0.2, 0.25) is 0 Å². The monoisotopic (exact) mass is 432 g/mol. The smallest absolute Gasteiger partial charge is 0.263 e. The molecule has 8 nitrogen and oxygen atoms in total. The molecule has 0 atom stereocenters. The first kappa shape index (κ1) is 20.7. The van der Waals surface area contributed by atoms with Crippen molar-refractivity contribution in [3.05, 3.63) is 64.7 Å². The zero-order valence-electron chi connectivity index (χ0n) is 15.9. The van der Waals surface area contributed by atoms with Gasteiger partial charge in [0.15, 0.2) is 0 Å². The van der Waals surface area contributed by atoms with Crippen LogP contribution in [0.4, 0.5) is 5.13 Å². The van der Waals surface area contributed by atoms with E-state index in [1.807, 2.05) is 6.92 Å². The lowest BCUT2D eigenvalue weighted by Gasteiger charge is -2.05. The van der Waals surface area contributed by atoms with E-state index >= 15 is 0 Å². The maximum absolute atomic E-state index is 12.4. The SMILES string of the molecule is COc1cccc(C(=O)NCCc2nnc(NS(=O)(=O)c3ccc(C)cc3)s2)c1. The molecule has 3 aromatic rings. The van der Waals surface area contributed by atoms with Crippen LogP contribution in [-0.2, 0) is 16.4 Å². The molecule has 3 rings (SSSR count). The minimum Gasteiger partial charge on any atom is -0.497 e. The second-order valence-corrected chi connectivity index (χ2v) is 8.90. The van der Waals surface area contributed by atoms with Crippen LogP contribution in [0.25, 0.3) is 0 Å². The molecule has 0 unspecified atom stereocenters. The number of aromatic nitrogens is 2. The molecule has 0 aliphatic carbocycles. The number of methoxy groups -OCH3 is 1. The van der Waals surface area contributed by atoms with Crippen molar-refractivity contribution in [2.75, 3.05) is 18.4 Å². The summed E-state index contributed by atoms with van der Waals surface area (Å²) in [5.41, 5.74) is 1.46. The molecule has 0 saturated carbocycles. The highest BCUT2D eigenvalue weighted by Gasteiger charge is 2.16. The topological polar surface area (TPSA) is 110 Å². The van der Waals surface area contributed by atoms with Gasteiger partial charge >= 0.3 is 0 Å². The predicted molar refractivity (Wildman–Crippen MR) is 111 cm³/mol. The number of hydrogen-bond acceptors (Lipinski definition) is 7. The number of hydrogen-bond donors (Lipinski definition) is 2. The Morgan fingerprint density at radius 3 is 2.62 bits per heavy atom. The van der Waals surface area contributed by atoms with Gasteiger partial charge in [0.25, 0.3) is 15.9 Å². The summed E-state index contributed by atoms with van der Waals surface area (Å²) < 4.78 is 32.3. The van der Waals surface area contributed by atoms with Crippen molar-refractivity contribution in [2.45, 2.75) is 18.2 Å². The number of ether oxygens (including phenoxy) is 1. The van der Waals surface area contributed by atoms with Crippen LogP contribution in [0.1, 0.15) is 20.9 Å². The fourth-order valence-corrected chi connectivity index (χ4v) is 4.41. The Morgan fingerprint density at radius 1 is 1.14 bits per heavy atom. The minimum absolute atomic E-state index is 0.158. The van der Waals surface area contributed by atoms with E-state index in [-0.39, 0.29) is 15.9 Å². The molecular formula is C19H20N4O4S2. The van der Waals surface area contributed by atoms with E-state index in [1.54, 1.807) is 36.4 Å². The highest BCUT2D eigenvalue weighted by molar-refractivity contribution is 7.93. The van der Waals surface area contributed by atoms with Gasteiger partial charge in [0.1, 0.15) is 10.8 Å². The van der Waals surface area contributed by atoms with Gasteiger partial charge in [-0.3, -0.25) is 9.52 Å². The van der Waals surface area contributed by atoms with Gasteiger partial charge in [0, 0.05) is 18.5 Å². The van der Waals surface area contributed by atoms with Gasteiger partial charge in [-0.2, -0.15) is 0 Å². The summed E-state index contributed by atoms with van der Waals surface area (Å²) in [5, 5.41) is 11.4. The van der Waals surface area contributed by atoms with E-state index in [9.17, 15) is 13.2 Å². The number of sulfonamides is 1. The lowest BCUT2D eigenvalue weighted by Crippen LogP contribution is -2.25. The van der Waals surface area contributed by atoms with Gasteiger partial charge in [-0.05, 0) is 37.3 Å². The Morgan fingerprint density at radius 2 is 1.90 bits per heavy atom. The molecule has 2 N–H and O–H groups in total. The van der Waals surface area contributed by atoms with Crippen molar-refractivity contribution >= 4 is 32.4 Å². The zero-order valence-corrected chi connectivity index (χ0v) is 17.5. The summed E-state index contributed by atoms with van der Waals surface area (Å²) in [4.78, 5) is 12.3. The summed E-state index contributed by atoms with van der Waals surface area (Å²) in [7, 11) is -2.18. The average Bonchev–Trinajstić information content (AvgIpc) is 3.14. The minimum atomic E-state index is -3.72. The van der Waals surface area contributed by atoms with Crippen LogP contribution < -0.4 is 14.8 Å². The molecule has 1 amide bonds. The maximum Gasteiger partial charge on any atom is 0.263 e. The van der Waals surface area contributed by atoms with Crippen LogP contribution in [0, 0.1) is 6.92 Å². The van der Waals surface area contributed by atoms with Gasteiger partial charge in [0.05, 0.1) is 12.0 Å². The fraction of sp³-hybridized carbons (Fsp3) is 0.211. The van der Waals surface area contributed by atoms with Crippen molar-refractivity contribution in [1.82, 2.24) is 15.5 Å². The number of rotatable bonds is 8. The number of aryl methyl sites for hydroxylation is 1. The summed E-state index contributed by atoms with van der Waals surface area (Å²) in [6.07, 6.45) is 0.430. The Balaban J connectivity index is 1.55. The van der Waals surface area contributed by atoms with Gasteiger partial charge in [-0.25, -0.2) is 8.42 Å². The van der Waals surface area contributed by atoms with Gasteiger partial charge in [-0.1, -0.05) is 35.1 Å². The fourth-order valence-electron chi connectivity index (χ4n) is 2.44. The number of nitrogens with one attached hydrogen (secondary N) is 2. The molecule has 0 radical (unpaired) electrons. The Kier molecular flexibility index (Phi) is 6.45. The molecule has 0 bridgehead atoms. The second-order valence-electron chi connectivity index (χ2n) is 6.16. The number of amides is 1. The lowest BCUT2D eigenvalue weighted by molar-refractivity contribution is 0.0953. The standard InChI is InChI=1S/C19H20N4O4S2/c1-13-6-8-16(9-7-13)29(25,26)23-19-22-21-17(28-19)10-11-20-18(24)14-4-3-5-15(12-14)27-2/h3-9,12H,10-11H2,1-2H3,(H,20,24)(H,22,23). The molecule has 10 heteroatoms. The van der Waals surface area contributed by atoms with Crippen molar-refractivity contribution in [3.8, 4) is 5.75 Å². The average molecular weight is 433 g/mol. The van der Waals surface area contributed by atoms with Gasteiger partial charge in [-0.15, -0.1) is 10.2 Å². The third kappa shape index (κ3) is 5.52. The highest BCUT2D eigenvalue weighted by atomic mass is 32.2. The quantitative estimate of drug-likeness (QED) is 0.566. The van der Waals surface area contributed by atoms with E-state index in [0.717, 1.165) is 16.9 Å². The number of benzene rings is 2. The van der Waals surface area contributed by atoms with E-state index in [2.05, 4.69) is 20.2 Å². The van der Waals surface area contributed by atoms with Crippen LogP contribution in [0.3, 0.4) is 0 Å². The molecule has 0 spiro atoms. The van der Waals surface area contributed by atoms with E-state index in [4.69, 9.17) is 4.74 Å². The first-order chi connectivity index (χ1) is 13.9. The summed E-state index contributed by atoms with van der Waals surface area (Å²) in [5.74, 6) is 0.376. The molecule has 0 aliphatic heterocycles. The van der Waals surface area contributed by atoms with E-state index in [1.165, 1.54) is 19.2 Å². The molecule has 1 heterocycles. The first-order valence-electron chi connectivity index (χ1n) is 8.71. The largest absolute Gasteiger partial charge is 0.497 e. The second kappa shape index (κ2) is 9.01. The summed E-state index contributed by atoms with van der Waals surface area (Å²) in [6.45, 7) is 2.23. The summed E-state index contributed by atoms with van der Waals surface area (Å²) in [6, 6.07) is 13.4. The molecular weight excluding hydrogens is 412 g/mol. The number of nitrogens with zero attached hydrogens (tertiary/aromatic N) is 2. The van der Waals surface area contributed by atoms with Gasteiger partial charge in [0.2, 0.25) is 5.13 Å². The van der Waals surface area contributed by atoms with Crippen LogP contribution >= 0.6 is 11.3 Å². The number of carbonyl (C=O) groups is 1. The third-order valence-corrected chi connectivity index (χ3v) is 6.36. The van der Waals surface area contributed by atoms with Crippen LogP contribution in [0.5, 0.6) is 5.75 Å². The van der Waals surface area contributed by atoms with E-state index in [0.29, 0.717) is 29.3 Å². The van der Waals surface area contributed by atoms with Crippen molar-refractivity contribution in [3.63, 3.8) is 0 Å². The third-order valence-electron chi connectivity index (χ3n) is 3.98. The Labute approximate surface area is 173 Å². The van der Waals surface area contributed by atoms with Crippen molar-refractivity contribution in [2.24, 2.45) is 0 Å². The Hall–Kier alpha value is -2.98. The molecule has 0 fully saturated rings. The number of carbonyl (C=O) groups excluding carboxylic acids is 1. The molecule has 0 saturated heterocycles. The van der Waals surface area contributed by atoms with Crippen LogP contribution in [-0.4, -0.2) is 38.2 Å². The van der Waals surface area contributed by atoms with Crippen molar-refractivity contribution < 1.29 is 17.9 Å². The molecule has 2 aromatic carbocycles. The molecule has 152 valence electrons. The highest BCUT2D eigenvalue weighted by Crippen LogP contribution is 2.20. The predicted octanol–water partition coefficient (Wildman–Crippen LogP) is 2.63. The van der Waals surface area contributed by atoms with E-state index < -0.39 is 10.0 Å². The lowest BCUT2D eigenvalue weighted by atomic mass is 10.2. The van der Waals surface area contributed by atoms with Crippen LogP contribution in [0.15, 0.2) is 53.4 Å². The molecule has 0 aliphatic rings. The zero-order chi connectivity index (χ0) is 20.9. The molecule has 1 aromatic heterocycles.